The molecule has 4 nitrogen and oxygen atoms in total. The van der Waals surface area contributed by atoms with Crippen molar-refractivity contribution in [1.29, 1.82) is 0 Å². The SMILES string of the molecule is CCOC(OCC)c1cc2nccc(Br)c2o1. The van der Waals surface area contributed by atoms with E-state index in [-0.39, 0.29) is 0 Å². The first-order valence-corrected chi connectivity index (χ1v) is 6.32. The Kier molecular flexibility index (Phi) is 4.15. The minimum Gasteiger partial charge on any atom is -0.453 e. The van der Waals surface area contributed by atoms with Crippen molar-refractivity contribution in [3.05, 3.63) is 28.6 Å². The highest BCUT2D eigenvalue weighted by atomic mass is 79.9. The molecule has 0 aliphatic heterocycles. The van der Waals surface area contributed by atoms with Crippen molar-refractivity contribution in [2.45, 2.75) is 20.1 Å². The molecule has 2 aromatic rings. The van der Waals surface area contributed by atoms with Crippen LogP contribution >= 0.6 is 15.9 Å². The number of rotatable bonds is 5. The number of hydrogen-bond acceptors (Lipinski definition) is 4. The zero-order valence-corrected chi connectivity index (χ0v) is 11.4. The molecule has 0 N–H and O–H groups in total. The summed E-state index contributed by atoms with van der Waals surface area (Å²) in [6.45, 7) is 4.97. The predicted octanol–water partition coefficient (Wildman–Crippen LogP) is 3.66. The van der Waals surface area contributed by atoms with E-state index in [9.17, 15) is 0 Å². The minimum absolute atomic E-state index is 0.467. The van der Waals surface area contributed by atoms with Gasteiger partial charge < -0.3 is 13.9 Å². The average Bonchev–Trinajstić information content (AvgIpc) is 2.74. The molecule has 0 atom stereocenters. The maximum absolute atomic E-state index is 5.71. The molecule has 0 radical (unpaired) electrons. The van der Waals surface area contributed by atoms with E-state index in [1.54, 1.807) is 6.20 Å². The summed E-state index contributed by atoms with van der Waals surface area (Å²) in [7, 11) is 0. The third-order valence-corrected chi connectivity index (χ3v) is 2.88. The van der Waals surface area contributed by atoms with Gasteiger partial charge in [0.05, 0.1) is 4.47 Å². The second kappa shape index (κ2) is 5.62. The van der Waals surface area contributed by atoms with Crippen LogP contribution in [0.2, 0.25) is 0 Å². The third kappa shape index (κ3) is 2.68. The van der Waals surface area contributed by atoms with Gasteiger partial charge in [0, 0.05) is 25.5 Å². The van der Waals surface area contributed by atoms with E-state index < -0.39 is 6.29 Å². The number of pyridine rings is 1. The summed E-state index contributed by atoms with van der Waals surface area (Å²) in [5.74, 6) is 0.642. The summed E-state index contributed by atoms with van der Waals surface area (Å²) >= 11 is 3.42. The Balaban J connectivity index is 2.36. The number of aromatic nitrogens is 1. The van der Waals surface area contributed by atoms with Gasteiger partial charge in [0.1, 0.15) is 5.52 Å². The van der Waals surface area contributed by atoms with Crippen LogP contribution in [0.1, 0.15) is 25.9 Å². The second-order valence-electron chi connectivity index (χ2n) is 3.40. The van der Waals surface area contributed by atoms with Crippen LogP contribution < -0.4 is 0 Å². The fraction of sp³-hybridized carbons (Fsp3) is 0.417. The molecule has 2 rings (SSSR count). The second-order valence-corrected chi connectivity index (χ2v) is 4.25. The molecular formula is C12H14BrNO3. The van der Waals surface area contributed by atoms with E-state index in [4.69, 9.17) is 13.9 Å². The van der Waals surface area contributed by atoms with Crippen molar-refractivity contribution in [1.82, 2.24) is 4.98 Å². The van der Waals surface area contributed by atoms with Crippen LogP contribution in [0.25, 0.3) is 11.1 Å². The molecule has 0 fully saturated rings. The largest absolute Gasteiger partial charge is 0.453 e. The topological polar surface area (TPSA) is 44.5 Å². The van der Waals surface area contributed by atoms with Crippen LogP contribution in [-0.4, -0.2) is 18.2 Å². The Hall–Kier alpha value is -0.910. The first kappa shape index (κ1) is 12.5. The van der Waals surface area contributed by atoms with Gasteiger partial charge in [0.15, 0.2) is 11.3 Å². The Labute approximate surface area is 108 Å². The maximum atomic E-state index is 5.71. The van der Waals surface area contributed by atoms with Gasteiger partial charge in [-0.25, -0.2) is 0 Å². The summed E-state index contributed by atoms with van der Waals surface area (Å²) in [6.07, 6.45) is 1.26. The van der Waals surface area contributed by atoms with Crippen LogP contribution in [-0.2, 0) is 9.47 Å². The first-order chi connectivity index (χ1) is 8.26. The summed E-state index contributed by atoms with van der Waals surface area (Å²) in [5, 5.41) is 0. The molecule has 5 heteroatoms. The Morgan fingerprint density at radius 1 is 1.35 bits per heavy atom. The van der Waals surface area contributed by atoms with Gasteiger partial charge in [-0.15, -0.1) is 0 Å². The van der Waals surface area contributed by atoms with Gasteiger partial charge in [0.2, 0.25) is 6.29 Å². The van der Waals surface area contributed by atoms with Crippen LogP contribution in [0.5, 0.6) is 0 Å². The van der Waals surface area contributed by atoms with E-state index in [0.717, 1.165) is 9.99 Å². The van der Waals surface area contributed by atoms with E-state index in [0.29, 0.717) is 24.6 Å². The molecule has 2 aromatic heterocycles. The molecule has 0 amide bonds. The maximum Gasteiger partial charge on any atom is 0.217 e. The molecule has 0 unspecified atom stereocenters. The number of furan rings is 1. The number of nitrogens with zero attached hydrogens (tertiary/aromatic N) is 1. The minimum atomic E-state index is -0.467. The normalized spacial score (nSPS) is 11.5. The van der Waals surface area contributed by atoms with Crippen molar-refractivity contribution in [2.24, 2.45) is 0 Å². The van der Waals surface area contributed by atoms with Crippen LogP contribution in [0, 0.1) is 0 Å². The van der Waals surface area contributed by atoms with Gasteiger partial charge in [-0.1, -0.05) is 0 Å². The Morgan fingerprint density at radius 3 is 2.65 bits per heavy atom. The fourth-order valence-corrected chi connectivity index (χ4v) is 1.96. The molecule has 0 aliphatic carbocycles. The standard InChI is InChI=1S/C12H14BrNO3/c1-3-15-12(16-4-2)10-7-9-11(17-10)8(13)5-6-14-9/h5-7,12H,3-4H2,1-2H3. The van der Waals surface area contributed by atoms with Gasteiger partial charge in [-0.05, 0) is 35.8 Å². The van der Waals surface area contributed by atoms with Crippen LogP contribution in [0.4, 0.5) is 0 Å². The molecule has 2 heterocycles. The molecule has 17 heavy (non-hydrogen) atoms. The van der Waals surface area contributed by atoms with Crippen molar-refractivity contribution in [3.8, 4) is 0 Å². The molecule has 0 spiro atoms. The summed E-state index contributed by atoms with van der Waals surface area (Å²) < 4.78 is 17.5. The van der Waals surface area contributed by atoms with E-state index in [1.165, 1.54) is 0 Å². The lowest BCUT2D eigenvalue weighted by molar-refractivity contribution is -0.150. The molecule has 0 aliphatic rings. The summed E-state index contributed by atoms with van der Waals surface area (Å²) in [5.41, 5.74) is 1.51. The van der Waals surface area contributed by atoms with Crippen molar-refractivity contribution < 1.29 is 13.9 Å². The summed E-state index contributed by atoms with van der Waals surface area (Å²) in [4.78, 5) is 4.23. The van der Waals surface area contributed by atoms with E-state index in [1.807, 2.05) is 26.0 Å². The molecular weight excluding hydrogens is 286 g/mol. The average molecular weight is 300 g/mol. The molecule has 0 bridgehead atoms. The van der Waals surface area contributed by atoms with Crippen LogP contribution in [0.15, 0.2) is 27.2 Å². The lowest BCUT2D eigenvalue weighted by Gasteiger charge is -2.13. The molecule has 92 valence electrons. The highest BCUT2D eigenvalue weighted by molar-refractivity contribution is 9.10. The third-order valence-electron chi connectivity index (χ3n) is 2.25. The van der Waals surface area contributed by atoms with Crippen molar-refractivity contribution >= 4 is 27.0 Å². The molecule has 0 aromatic carbocycles. The lowest BCUT2D eigenvalue weighted by Crippen LogP contribution is -2.07. The smallest absolute Gasteiger partial charge is 0.217 e. The van der Waals surface area contributed by atoms with Gasteiger partial charge in [0.25, 0.3) is 0 Å². The number of fused-ring (bicyclic) bond motifs is 1. The molecule has 0 saturated heterocycles. The van der Waals surface area contributed by atoms with Crippen molar-refractivity contribution in [3.63, 3.8) is 0 Å². The zero-order chi connectivity index (χ0) is 12.3. The van der Waals surface area contributed by atoms with Gasteiger partial charge in [-0.2, -0.15) is 0 Å². The number of halogens is 1. The lowest BCUT2D eigenvalue weighted by atomic mass is 10.3. The first-order valence-electron chi connectivity index (χ1n) is 5.53. The monoisotopic (exact) mass is 299 g/mol. The quantitative estimate of drug-likeness (QED) is 0.790. The fourth-order valence-electron chi connectivity index (χ4n) is 1.56. The Bertz CT molecular complexity index is 491. The van der Waals surface area contributed by atoms with E-state index in [2.05, 4.69) is 20.9 Å². The highest BCUT2D eigenvalue weighted by Gasteiger charge is 2.18. The zero-order valence-electron chi connectivity index (χ0n) is 9.77. The Morgan fingerprint density at radius 2 is 2.06 bits per heavy atom. The van der Waals surface area contributed by atoms with Gasteiger partial charge in [-0.3, -0.25) is 4.98 Å². The highest BCUT2D eigenvalue weighted by Crippen LogP contribution is 2.29. The predicted molar refractivity (Wildman–Crippen MR) is 67.7 cm³/mol. The summed E-state index contributed by atoms with van der Waals surface area (Å²) in [6, 6.07) is 3.68. The number of ether oxygens (including phenoxy) is 2. The number of hydrogen-bond donors (Lipinski definition) is 0. The van der Waals surface area contributed by atoms with E-state index >= 15 is 0 Å². The van der Waals surface area contributed by atoms with Gasteiger partial charge >= 0.3 is 0 Å². The molecule has 0 saturated carbocycles. The van der Waals surface area contributed by atoms with Crippen molar-refractivity contribution in [2.75, 3.05) is 13.2 Å². The van der Waals surface area contributed by atoms with Crippen LogP contribution in [0.3, 0.4) is 0 Å².